The normalized spacial score (nSPS) is 12.0. The van der Waals surface area contributed by atoms with Crippen LogP contribution in [0.5, 0.6) is 0 Å². The van der Waals surface area contributed by atoms with Crippen molar-refractivity contribution >= 4 is 73.0 Å². The lowest BCUT2D eigenvalue weighted by Crippen LogP contribution is -2.24. The molecule has 0 atom stereocenters. The first-order valence-corrected chi connectivity index (χ1v) is 21.8. The van der Waals surface area contributed by atoms with Gasteiger partial charge in [0.2, 0.25) is 0 Å². The van der Waals surface area contributed by atoms with Crippen LogP contribution < -0.4 is 14.7 Å². The summed E-state index contributed by atoms with van der Waals surface area (Å²) in [6.07, 6.45) is 0. The topological polar surface area (TPSA) is 14.7 Å². The molecule has 2 heterocycles. The minimum absolute atomic E-state index is 1.09. The maximum Gasteiger partial charge on any atom is 0.0709 e. The molecule has 0 N–H and O–H groups in total. The molecule has 0 saturated heterocycles. The molecule has 1 aromatic heterocycles. The zero-order chi connectivity index (χ0) is 42.4. The van der Waals surface area contributed by atoms with E-state index in [1.54, 1.807) is 0 Å². The molecule has 1 aliphatic rings. The summed E-state index contributed by atoms with van der Waals surface area (Å²) in [6, 6.07) is 91.8. The van der Waals surface area contributed by atoms with E-state index in [1.807, 2.05) is 0 Å². The Morgan fingerprint density at radius 3 is 1.41 bits per heavy atom. The molecule has 0 aliphatic carbocycles. The number of fused-ring (bicyclic) bond motifs is 5. The number of hydrogen-bond acceptors (Lipinski definition) is 3. The molecule has 10 aromatic carbocycles. The van der Waals surface area contributed by atoms with Gasteiger partial charge in [-0.2, -0.15) is 0 Å². The summed E-state index contributed by atoms with van der Waals surface area (Å²) in [4.78, 5) is 7.16. The van der Waals surface area contributed by atoms with Gasteiger partial charge in [0.1, 0.15) is 0 Å². The Balaban J connectivity index is 0.963. The van der Waals surface area contributed by atoms with E-state index in [0.29, 0.717) is 0 Å². The molecule has 12 rings (SSSR count). The Kier molecular flexibility index (Phi) is 9.12. The summed E-state index contributed by atoms with van der Waals surface area (Å²) in [7, 11) is 0. The van der Waals surface area contributed by atoms with Gasteiger partial charge in [-0.3, -0.25) is 0 Å². The largest absolute Gasteiger partial charge is 0.310 e. The van der Waals surface area contributed by atoms with Crippen molar-refractivity contribution in [1.29, 1.82) is 0 Å². The van der Waals surface area contributed by atoms with Gasteiger partial charge in [-0.15, -0.1) is 0 Å². The first-order chi connectivity index (χ1) is 31.8. The molecule has 1 aliphatic heterocycles. The van der Waals surface area contributed by atoms with Gasteiger partial charge in [0, 0.05) is 44.9 Å². The van der Waals surface area contributed by atoms with Crippen LogP contribution in [-0.4, -0.2) is 4.57 Å². The zero-order valence-corrected chi connectivity index (χ0v) is 35.0. The quantitative estimate of drug-likeness (QED) is 0.152. The number of nitrogens with zero attached hydrogens (tertiary/aromatic N) is 4. The van der Waals surface area contributed by atoms with Gasteiger partial charge in [-0.05, 0) is 131 Å². The molecule has 64 heavy (non-hydrogen) atoms. The predicted octanol–water partition coefficient (Wildman–Crippen LogP) is 16.8. The van der Waals surface area contributed by atoms with Crippen molar-refractivity contribution in [3.8, 4) is 27.9 Å². The highest BCUT2D eigenvalue weighted by molar-refractivity contribution is 6.11. The monoisotopic (exact) mass is 818 g/mol. The summed E-state index contributed by atoms with van der Waals surface area (Å²) in [6.45, 7) is 0. The lowest BCUT2D eigenvalue weighted by atomic mass is 9.98. The maximum absolute atomic E-state index is 2.42. The minimum Gasteiger partial charge on any atom is -0.310 e. The van der Waals surface area contributed by atoms with Gasteiger partial charge < -0.3 is 19.3 Å². The van der Waals surface area contributed by atoms with Crippen LogP contribution in [0, 0.1) is 0 Å². The van der Waals surface area contributed by atoms with E-state index in [9.17, 15) is 0 Å². The Morgan fingerprint density at radius 1 is 0.250 bits per heavy atom. The molecule has 11 aromatic rings. The van der Waals surface area contributed by atoms with Crippen LogP contribution >= 0.6 is 0 Å². The lowest BCUT2D eigenvalue weighted by molar-refractivity contribution is 1.17. The number of benzene rings is 10. The van der Waals surface area contributed by atoms with Crippen LogP contribution in [0.25, 0.3) is 49.7 Å². The highest BCUT2D eigenvalue weighted by atomic mass is 15.3. The molecule has 0 radical (unpaired) electrons. The van der Waals surface area contributed by atoms with Crippen molar-refractivity contribution in [2.75, 3.05) is 14.7 Å². The van der Waals surface area contributed by atoms with Crippen LogP contribution in [0.2, 0.25) is 0 Å². The predicted molar refractivity (Wildman–Crippen MR) is 269 cm³/mol. The van der Waals surface area contributed by atoms with Crippen molar-refractivity contribution in [1.82, 2.24) is 4.57 Å². The highest BCUT2D eigenvalue weighted by Gasteiger charge is 2.31. The molecule has 0 unspecified atom stereocenters. The van der Waals surface area contributed by atoms with Crippen molar-refractivity contribution in [2.24, 2.45) is 0 Å². The highest BCUT2D eigenvalue weighted by Crippen LogP contribution is 2.55. The average Bonchev–Trinajstić information content (AvgIpc) is 3.70. The van der Waals surface area contributed by atoms with Crippen LogP contribution in [-0.2, 0) is 0 Å². The Hall–Kier alpha value is -8.60. The molecule has 0 bridgehead atoms. The maximum atomic E-state index is 2.42. The van der Waals surface area contributed by atoms with Gasteiger partial charge in [-0.25, -0.2) is 0 Å². The fraction of sp³-hybridized carbons (Fsp3) is 0. The van der Waals surface area contributed by atoms with E-state index in [2.05, 4.69) is 274 Å². The summed E-state index contributed by atoms with van der Waals surface area (Å²) >= 11 is 0. The third-order valence-corrected chi connectivity index (χ3v) is 12.5. The van der Waals surface area contributed by atoms with Gasteiger partial charge in [0.15, 0.2) is 0 Å². The summed E-state index contributed by atoms with van der Waals surface area (Å²) in [5, 5.41) is 2.45. The fourth-order valence-corrected chi connectivity index (χ4v) is 9.52. The van der Waals surface area contributed by atoms with Crippen molar-refractivity contribution in [3.63, 3.8) is 0 Å². The van der Waals surface area contributed by atoms with Crippen LogP contribution in [0.4, 0.5) is 51.2 Å². The molecule has 4 heteroatoms. The third-order valence-electron chi connectivity index (χ3n) is 12.5. The Labute approximate surface area is 373 Å². The van der Waals surface area contributed by atoms with Crippen LogP contribution in [0.1, 0.15) is 0 Å². The SMILES string of the molecule is c1ccc(-c2ccc(N3c4ccccc4N(c4ccccc4)c4ccc(-c5ccc(N(c6ccccc6)c6ccc7c(c6)c6ccccc6n7-c6ccccc6)cc5)cc43)cc2)cc1. The second-order valence-corrected chi connectivity index (χ2v) is 16.2. The van der Waals surface area contributed by atoms with E-state index in [4.69, 9.17) is 0 Å². The molecular formula is C60H42N4. The van der Waals surface area contributed by atoms with Crippen LogP contribution in [0.3, 0.4) is 0 Å². The molecule has 0 fully saturated rings. The first-order valence-electron chi connectivity index (χ1n) is 21.8. The summed E-state index contributed by atoms with van der Waals surface area (Å²) in [5.74, 6) is 0. The van der Waals surface area contributed by atoms with E-state index in [-0.39, 0.29) is 0 Å². The van der Waals surface area contributed by atoms with Crippen molar-refractivity contribution < 1.29 is 0 Å². The zero-order valence-electron chi connectivity index (χ0n) is 35.0. The molecular weight excluding hydrogens is 777 g/mol. The van der Waals surface area contributed by atoms with E-state index >= 15 is 0 Å². The molecule has 302 valence electrons. The summed E-state index contributed by atoms with van der Waals surface area (Å²) < 4.78 is 2.37. The Bertz CT molecular complexity index is 3420. The minimum atomic E-state index is 1.09. The molecule has 0 spiro atoms. The lowest BCUT2D eigenvalue weighted by Gasteiger charge is -2.40. The second-order valence-electron chi connectivity index (χ2n) is 16.2. The van der Waals surface area contributed by atoms with E-state index in [1.165, 1.54) is 32.9 Å². The number of aromatic nitrogens is 1. The first kappa shape index (κ1) is 37.2. The van der Waals surface area contributed by atoms with Crippen LogP contribution in [0.15, 0.2) is 255 Å². The van der Waals surface area contributed by atoms with E-state index < -0.39 is 0 Å². The fourth-order valence-electron chi connectivity index (χ4n) is 9.52. The molecule has 0 saturated carbocycles. The average molecular weight is 819 g/mol. The second kappa shape index (κ2) is 15.7. The molecule has 4 nitrogen and oxygen atoms in total. The van der Waals surface area contributed by atoms with Crippen molar-refractivity contribution in [2.45, 2.75) is 0 Å². The van der Waals surface area contributed by atoms with E-state index in [0.717, 1.165) is 68.0 Å². The number of hydrogen-bond donors (Lipinski definition) is 0. The third kappa shape index (κ3) is 6.40. The number of para-hydroxylation sites is 6. The Morgan fingerprint density at radius 2 is 0.703 bits per heavy atom. The van der Waals surface area contributed by atoms with Gasteiger partial charge in [0.05, 0.1) is 33.8 Å². The summed E-state index contributed by atoms with van der Waals surface area (Å²) in [5.41, 5.74) is 18.2. The number of rotatable bonds is 8. The number of anilines is 9. The standard InChI is InChI=1S/C60H42N4/c1-5-17-43(18-6-1)44-29-36-51(37-30-44)64-58-28-16-15-27-57(58)63(49-23-11-4-12-24-49)59-39-33-46(41-60(59)64)45-31-34-50(35-32-45)61(47-19-7-2-8-20-47)52-38-40-56-54(42-52)53-25-13-14-26-55(53)62(56)48-21-9-3-10-22-48/h1-42H. The van der Waals surface area contributed by atoms with Gasteiger partial charge >= 0.3 is 0 Å². The van der Waals surface area contributed by atoms with Crippen molar-refractivity contribution in [3.05, 3.63) is 255 Å². The smallest absolute Gasteiger partial charge is 0.0709 e. The van der Waals surface area contributed by atoms with Gasteiger partial charge in [0.25, 0.3) is 0 Å². The van der Waals surface area contributed by atoms with Gasteiger partial charge in [-0.1, -0.05) is 146 Å². The molecule has 0 amide bonds.